The molecule has 0 bridgehead atoms. The SMILES string of the molecule is Cc1ccc(NC2(CN)CCCC2)cc1. The van der Waals surface area contributed by atoms with Gasteiger partial charge in [-0.3, -0.25) is 0 Å². The molecule has 0 spiro atoms. The molecule has 1 aromatic carbocycles. The van der Waals surface area contributed by atoms with E-state index in [9.17, 15) is 0 Å². The Balaban J connectivity index is 2.09. The minimum Gasteiger partial charge on any atom is -0.378 e. The lowest BCUT2D eigenvalue weighted by molar-refractivity contribution is 0.493. The predicted octanol–water partition coefficient (Wildman–Crippen LogP) is 2.68. The van der Waals surface area contributed by atoms with E-state index >= 15 is 0 Å². The molecule has 1 aromatic rings. The van der Waals surface area contributed by atoms with Crippen LogP contribution in [0.15, 0.2) is 24.3 Å². The lowest BCUT2D eigenvalue weighted by Gasteiger charge is -2.30. The van der Waals surface area contributed by atoms with E-state index in [2.05, 4.69) is 36.5 Å². The number of benzene rings is 1. The minimum absolute atomic E-state index is 0.162. The number of aryl methyl sites for hydroxylation is 1. The van der Waals surface area contributed by atoms with Crippen molar-refractivity contribution in [3.63, 3.8) is 0 Å². The fourth-order valence-corrected chi connectivity index (χ4v) is 2.38. The topological polar surface area (TPSA) is 38.0 Å². The summed E-state index contributed by atoms with van der Waals surface area (Å²) < 4.78 is 0. The second-order valence-electron chi connectivity index (χ2n) is 4.68. The Bertz CT molecular complexity index is 310. The fourth-order valence-electron chi connectivity index (χ4n) is 2.38. The van der Waals surface area contributed by atoms with Crippen molar-refractivity contribution in [2.24, 2.45) is 5.73 Å². The zero-order valence-corrected chi connectivity index (χ0v) is 9.42. The highest BCUT2D eigenvalue weighted by atomic mass is 15.0. The van der Waals surface area contributed by atoms with Crippen LogP contribution in [0.1, 0.15) is 31.2 Å². The smallest absolute Gasteiger partial charge is 0.0495 e. The molecule has 1 saturated carbocycles. The molecular formula is C13H20N2. The molecule has 1 fully saturated rings. The van der Waals surface area contributed by atoms with Crippen molar-refractivity contribution in [1.82, 2.24) is 0 Å². The first-order valence-electron chi connectivity index (χ1n) is 5.79. The number of anilines is 1. The molecule has 0 aromatic heterocycles. The first-order chi connectivity index (χ1) is 7.24. The summed E-state index contributed by atoms with van der Waals surface area (Å²) in [5.74, 6) is 0. The summed E-state index contributed by atoms with van der Waals surface area (Å²) in [6.07, 6.45) is 5.01. The van der Waals surface area contributed by atoms with Gasteiger partial charge in [0.25, 0.3) is 0 Å². The Morgan fingerprint density at radius 1 is 1.20 bits per heavy atom. The molecule has 2 heteroatoms. The van der Waals surface area contributed by atoms with E-state index < -0.39 is 0 Å². The fraction of sp³-hybridized carbons (Fsp3) is 0.538. The van der Waals surface area contributed by atoms with Gasteiger partial charge in [0.2, 0.25) is 0 Å². The van der Waals surface area contributed by atoms with Gasteiger partial charge >= 0.3 is 0 Å². The number of nitrogens with two attached hydrogens (primary N) is 1. The molecule has 2 rings (SSSR count). The quantitative estimate of drug-likeness (QED) is 0.794. The Labute approximate surface area is 91.9 Å². The van der Waals surface area contributed by atoms with E-state index in [0.717, 1.165) is 6.54 Å². The largest absolute Gasteiger partial charge is 0.378 e. The number of hydrogen-bond donors (Lipinski definition) is 2. The molecule has 1 aliphatic carbocycles. The van der Waals surface area contributed by atoms with Crippen LogP contribution in [0, 0.1) is 6.92 Å². The monoisotopic (exact) mass is 204 g/mol. The summed E-state index contributed by atoms with van der Waals surface area (Å²) in [6, 6.07) is 8.57. The third kappa shape index (κ3) is 2.32. The van der Waals surface area contributed by atoms with Crippen LogP contribution < -0.4 is 11.1 Å². The number of rotatable bonds is 3. The second kappa shape index (κ2) is 4.23. The number of nitrogens with one attached hydrogen (secondary N) is 1. The van der Waals surface area contributed by atoms with Crippen LogP contribution in [-0.2, 0) is 0 Å². The van der Waals surface area contributed by atoms with E-state index in [4.69, 9.17) is 5.73 Å². The van der Waals surface area contributed by atoms with Crippen LogP contribution in [0.3, 0.4) is 0 Å². The van der Waals surface area contributed by atoms with Gasteiger partial charge in [-0.05, 0) is 31.9 Å². The molecule has 1 aliphatic rings. The van der Waals surface area contributed by atoms with E-state index in [-0.39, 0.29) is 5.54 Å². The van der Waals surface area contributed by atoms with Crippen LogP contribution >= 0.6 is 0 Å². The molecule has 3 N–H and O–H groups in total. The molecule has 2 nitrogen and oxygen atoms in total. The van der Waals surface area contributed by atoms with E-state index in [1.54, 1.807) is 0 Å². The van der Waals surface area contributed by atoms with Crippen LogP contribution in [0.2, 0.25) is 0 Å². The molecular weight excluding hydrogens is 184 g/mol. The second-order valence-corrected chi connectivity index (χ2v) is 4.68. The van der Waals surface area contributed by atoms with Crippen molar-refractivity contribution >= 4 is 5.69 Å². The summed E-state index contributed by atoms with van der Waals surface area (Å²) in [5.41, 5.74) is 8.55. The summed E-state index contributed by atoms with van der Waals surface area (Å²) in [5, 5.41) is 3.61. The maximum absolute atomic E-state index is 5.88. The Kier molecular flexibility index (Phi) is 2.96. The van der Waals surface area contributed by atoms with Crippen molar-refractivity contribution in [2.45, 2.75) is 38.1 Å². The first-order valence-corrected chi connectivity index (χ1v) is 5.79. The van der Waals surface area contributed by atoms with Gasteiger partial charge in [-0.2, -0.15) is 0 Å². The van der Waals surface area contributed by atoms with Crippen molar-refractivity contribution in [3.05, 3.63) is 29.8 Å². The van der Waals surface area contributed by atoms with Crippen molar-refractivity contribution < 1.29 is 0 Å². The molecule has 15 heavy (non-hydrogen) atoms. The maximum atomic E-state index is 5.88. The third-order valence-electron chi connectivity index (χ3n) is 3.41. The molecule has 0 heterocycles. The minimum atomic E-state index is 0.162. The normalized spacial score (nSPS) is 19.1. The molecule has 0 radical (unpaired) electrons. The van der Waals surface area contributed by atoms with Gasteiger partial charge in [0.05, 0.1) is 0 Å². The molecule has 0 saturated heterocycles. The lowest BCUT2D eigenvalue weighted by Crippen LogP contribution is -2.42. The van der Waals surface area contributed by atoms with Crippen LogP contribution in [-0.4, -0.2) is 12.1 Å². The highest BCUT2D eigenvalue weighted by Crippen LogP contribution is 2.32. The Hall–Kier alpha value is -1.02. The average Bonchev–Trinajstić information content (AvgIpc) is 2.71. The summed E-state index contributed by atoms with van der Waals surface area (Å²) in [4.78, 5) is 0. The first kappa shape index (κ1) is 10.5. The van der Waals surface area contributed by atoms with Crippen LogP contribution in [0.4, 0.5) is 5.69 Å². The van der Waals surface area contributed by atoms with Gasteiger partial charge in [-0.25, -0.2) is 0 Å². The molecule has 0 atom stereocenters. The Morgan fingerprint density at radius 2 is 1.80 bits per heavy atom. The number of hydrogen-bond acceptors (Lipinski definition) is 2. The highest BCUT2D eigenvalue weighted by Gasteiger charge is 2.31. The van der Waals surface area contributed by atoms with Gasteiger partial charge in [0, 0.05) is 17.8 Å². The molecule has 82 valence electrons. The van der Waals surface area contributed by atoms with E-state index in [1.165, 1.54) is 36.9 Å². The van der Waals surface area contributed by atoms with Crippen LogP contribution in [0.25, 0.3) is 0 Å². The van der Waals surface area contributed by atoms with Gasteiger partial charge in [-0.1, -0.05) is 30.5 Å². The zero-order valence-electron chi connectivity index (χ0n) is 9.42. The standard InChI is InChI=1S/C13H20N2/c1-11-4-6-12(7-5-11)15-13(10-14)8-2-3-9-13/h4-7,15H,2-3,8-10,14H2,1H3. The third-order valence-corrected chi connectivity index (χ3v) is 3.41. The predicted molar refractivity (Wildman–Crippen MR) is 65.1 cm³/mol. The summed E-state index contributed by atoms with van der Waals surface area (Å²) in [7, 11) is 0. The lowest BCUT2D eigenvalue weighted by atomic mass is 9.97. The average molecular weight is 204 g/mol. The molecule has 0 aliphatic heterocycles. The van der Waals surface area contributed by atoms with Gasteiger partial charge in [-0.15, -0.1) is 0 Å². The highest BCUT2D eigenvalue weighted by molar-refractivity contribution is 5.47. The van der Waals surface area contributed by atoms with Crippen molar-refractivity contribution in [1.29, 1.82) is 0 Å². The van der Waals surface area contributed by atoms with E-state index in [1.807, 2.05) is 0 Å². The van der Waals surface area contributed by atoms with Gasteiger partial charge < -0.3 is 11.1 Å². The van der Waals surface area contributed by atoms with Gasteiger partial charge in [0.15, 0.2) is 0 Å². The van der Waals surface area contributed by atoms with E-state index in [0.29, 0.717) is 0 Å². The maximum Gasteiger partial charge on any atom is 0.0495 e. The Morgan fingerprint density at radius 3 is 2.33 bits per heavy atom. The van der Waals surface area contributed by atoms with Crippen molar-refractivity contribution in [2.75, 3.05) is 11.9 Å². The van der Waals surface area contributed by atoms with Crippen LogP contribution in [0.5, 0.6) is 0 Å². The molecule has 0 amide bonds. The summed E-state index contributed by atoms with van der Waals surface area (Å²) >= 11 is 0. The van der Waals surface area contributed by atoms with Crippen molar-refractivity contribution in [3.8, 4) is 0 Å². The summed E-state index contributed by atoms with van der Waals surface area (Å²) in [6.45, 7) is 2.85. The zero-order chi connectivity index (χ0) is 10.7. The van der Waals surface area contributed by atoms with Gasteiger partial charge in [0.1, 0.15) is 0 Å². The molecule has 0 unspecified atom stereocenters.